The molecule has 0 rings (SSSR count). The Labute approximate surface area is 79.1 Å². The Morgan fingerprint density at radius 3 is 2.46 bits per heavy atom. The molecule has 0 atom stereocenters. The first kappa shape index (κ1) is 12.2. The summed E-state index contributed by atoms with van der Waals surface area (Å²) in [6.45, 7) is 1.93. The van der Waals surface area contributed by atoms with Gasteiger partial charge in [-0.15, -0.1) is 0 Å². The lowest BCUT2D eigenvalue weighted by Gasteiger charge is -2.01. The number of aliphatic hydroxyl groups excluding tert-OH is 1. The molecule has 0 aliphatic carbocycles. The van der Waals surface area contributed by atoms with Crippen molar-refractivity contribution in [3.05, 3.63) is 11.6 Å². The Kier molecular flexibility index (Phi) is 7.30. The lowest BCUT2D eigenvalue weighted by molar-refractivity contribution is -0.132. The summed E-state index contributed by atoms with van der Waals surface area (Å²) in [7, 11) is 0. The third-order valence-corrected chi connectivity index (χ3v) is 1.91. The molecule has 0 aromatic carbocycles. The highest BCUT2D eigenvalue weighted by atomic mass is 16.4. The number of hydrogen-bond acceptors (Lipinski definition) is 2. The van der Waals surface area contributed by atoms with E-state index in [9.17, 15) is 4.79 Å². The molecule has 0 saturated heterocycles. The van der Waals surface area contributed by atoms with Gasteiger partial charge in [-0.05, 0) is 18.9 Å². The van der Waals surface area contributed by atoms with Crippen molar-refractivity contribution in [3.63, 3.8) is 0 Å². The van der Waals surface area contributed by atoms with E-state index in [0.717, 1.165) is 25.7 Å². The summed E-state index contributed by atoms with van der Waals surface area (Å²) in [4.78, 5) is 10.6. The third kappa shape index (κ3) is 6.34. The van der Waals surface area contributed by atoms with Crippen LogP contribution in [0.15, 0.2) is 11.6 Å². The molecule has 0 spiro atoms. The summed E-state index contributed by atoms with van der Waals surface area (Å²) in [5.74, 6) is -0.912. The average molecular weight is 186 g/mol. The molecular weight excluding hydrogens is 168 g/mol. The largest absolute Gasteiger partial charge is 0.478 e. The van der Waals surface area contributed by atoms with Crippen molar-refractivity contribution in [1.29, 1.82) is 0 Å². The minimum absolute atomic E-state index is 0.185. The maximum absolute atomic E-state index is 10.6. The fraction of sp³-hybridized carbons (Fsp3) is 0.700. The van der Waals surface area contributed by atoms with Gasteiger partial charge in [-0.25, -0.2) is 4.79 Å². The molecule has 0 radical (unpaired) electrons. The van der Waals surface area contributed by atoms with Crippen LogP contribution >= 0.6 is 0 Å². The molecule has 0 unspecified atom stereocenters. The molecule has 0 aliphatic rings. The second-order valence-electron chi connectivity index (χ2n) is 3.03. The molecule has 0 aliphatic heterocycles. The van der Waals surface area contributed by atoms with Crippen LogP contribution in [0.2, 0.25) is 0 Å². The van der Waals surface area contributed by atoms with E-state index in [4.69, 9.17) is 10.2 Å². The van der Waals surface area contributed by atoms with Gasteiger partial charge in [-0.2, -0.15) is 0 Å². The highest BCUT2D eigenvalue weighted by Crippen LogP contribution is 2.09. The standard InChI is InChI=1S/C10H18O3/c1-2-3-4-5-6-9(7-8-11)10(12)13/h7,11H,2-6,8H2,1H3,(H,12,13)/b9-7-. The molecule has 76 valence electrons. The number of carbonyl (C=O) groups is 1. The molecule has 0 saturated carbocycles. The Balaban J connectivity index is 3.71. The number of unbranched alkanes of at least 4 members (excludes halogenated alkanes) is 3. The van der Waals surface area contributed by atoms with Crippen LogP contribution in [-0.4, -0.2) is 22.8 Å². The second-order valence-corrected chi connectivity index (χ2v) is 3.03. The average Bonchev–Trinajstić information content (AvgIpc) is 2.10. The fourth-order valence-corrected chi connectivity index (χ4v) is 1.15. The monoisotopic (exact) mass is 186 g/mol. The number of aliphatic carboxylic acids is 1. The third-order valence-electron chi connectivity index (χ3n) is 1.91. The Morgan fingerprint density at radius 2 is 2.00 bits per heavy atom. The van der Waals surface area contributed by atoms with Gasteiger partial charge >= 0.3 is 5.97 Å². The van der Waals surface area contributed by atoms with E-state index in [1.54, 1.807) is 0 Å². The summed E-state index contributed by atoms with van der Waals surface area (Å²) >= 11 is 0. The summed E-state index contributed by atoms with van der Waals surface area (Å²) in [6, 6.07) is 0. The maximum Gasteiger partial charge on any atom is 0.331 e. The van der Waals surface area contributed by atoms with Gasteiger partial charge in [0.25, 0.3) is 0 Å². The van der Waals surface area contributed by atoms with Gasteiger partial charge in [0.2, 0.25) is 0 Å². The van der Waals surface area contributed by atoms with E-state index in [0.29, 0.717) is 12.0 Å². The molecular formula is C10H18O3. The molecule has 13 heavy (non-hydrogen) atoms. The maximum atomic E-state index is 10.6. The van der Waals surface area contributed by atoms with Crippen LogP contribution in [0.4, 0.5) is 0 Å². The number of hydrogen-bond donors (Lipinski definition) is 2. The minimum Gasteiger partial charge on any atom is -0.478 e. The zero-order valence-electron chi connectivity index (χ0n) is 8.12. The van der Waals surface area contributed by atoms with Crippen LogP contribution in [0.5, 0.6) is 0 Å². The van der Waals surface area contributed by atoms with Crippen LogP contribution in [0.25, 0.3) is 0 Å². The van der Waals surface area contributed by atoms with Crippen LogP contribution in [0, 0.1) is 0 Å². The number of rotatable bonds is 7. The summed E-state index contributed by atoms with van der Waals surface area (Å²) in [5.41, 5.74) is 0.332. The van der Waals surface area contributed by atoms with E-state index >= 15 is 0 Å². The predicted octanol–water partition coefficient (Wildman–Crippen LogP) is 1.96. The van der Waals surface area contributed by atoms with Crippen molar-refractivity contribution >= 4 is 5.97 Å². The second kappa shape index (κ2) is 7.80. The highest BCUT2D eigenvalue weighted by Gasteiger charge is 2.05. The van der Waals surface area contributed by atoms with E-state index in [2.05, 4.69) is 6.92 Å². The van der Waals surface area contributed by atoms with E-state index < -0.39 is 5.97 Å². The molecule has 0 aromatic rings. The van der Waals surface area contributed by atoms with E-state index in [-0.39, 0.29) is 6.61 Å². The Bertz CT molecular complexity index is 173. The van der Waals surface area contributed by atoms with Crippen molar-refractivity contribution in [3.8, 4) is 0 Å². The first-order valence-electron chi connectivity index (χ1n) is 4.75. The van der Waals surface area contributed by atoms with Gasteiger partial charge in [0.1, 0.15) is 0 Å². The van der Waals surface area contributed by atoms with Gasteiger partial charge in [-0.1, -0.05) is 26.2 Å². The molecule has 0 heterocycles. The lowest BCUT2D eigenvalue weighted by atomic mass is 10.1. The molecule has 3 heteroatoms. The lowest BCUT2D eigenvalue weighted by Crippen LogP contribution is -2.01. The SMILES string of the molecule is CCCCCC/C(=C/CO)C(=O)O. The van der Waals surface area contributed by atoms with Crippen LogP contribution in [-0.2, 0) is 4.79 Å². The van der Waals surface area contributed by atoms with Gasteiger partial charge in [-0.3, -0.25) is 0 Å². The zero-order chi connectivity index (χ0) is 10.1. The smallest absolute Gasteiger partial charge is 0.331 e. The van der Waals surface area contributed by atoms with E-state index in [1.807, 2.05) is 0 Å². The topological polar surface area (TPSA) is 57.5 Å². The summed E-state index contributed by atoms with van der Waals surface area (Å²) in [6.07, 6.45) is 6.18. The highest BCUT2D eigenvalue weighted by molar-refractivity contribution is 5.86. The predicted molar refractivity (Wildman–Crippen MR) is 51.6 cm³/mol. The van der Waals surface area contributed by atoms with Crippen molar-refractivity contribution in [2.45, 2.75) is 39.0 Å². The Hall–Kier alpha value is -0.830. The quantitative estimate of drug-likeness (QED) is 0.472. The molecule has 2 N–H and O–H groups in total. The molecule has 0 aromatic heterocycles. The Morgan fingerprint density at radius 1 is 1.31 bits per heavy atom. The van der Waals surface area contributed by atoms with Crippen LogP contribution in [0.3, 0.4) is 0 Å². The van der Waals surface area contributed by atoms with Crippen LogP contribution in [0.1, 0.15) is 39.0 Å². The van der Waals surface area contributed by atoms with Crippen molar-refractivity contribution in [2.24, 2.45) is 0 Å². The first-order valence-corrected chi connectivity index (χ1v) is 4.75. The molecule has 0 fully saturated rings. The van der Waals surface area contributed by atoms with Gasteiger partial charge in [0, 0.05) is 5.57 Å². The fourth-order valence-electron chi connectivity index (χ4n) is 1.15. The number of carboxylic acid groups (broad SMARTS) is 1. The molecule has 0 amide bonds. The van der Waals surface area contributed by atoms with Crippen molar-refractivity contribution in [2.75, 3.05) is 6.61 Å². The van der Waals surface area contributed by atoms with Crippen molar-refractivity contribution < 1.29 is 15.0 Å². The number of carboxylic acids is 1. The van der Waals surface area contributed by atoms with Gasteiger partial charge < -0.3 is 10.2 Å². The number of aliphatic hydroxyl groups is 1. The normalized spacial score (nSPS) is 11.7. The zero-order valence-corrected chi connectivity index (χ0v) is 8.12. The van der Waals surface area contributed by atoms with Crippen LogP contribution < -0.4 is 0 Å². The van der Waals surface area contributed by atoms with Gasteiger partial charge in [0.05, 0.1) is 6.61 Å². The summed E-state index contributed by atoms with van der Waals surface area (Å²) in [5, 5.41) is 17.2. The van der Waals surface area contributed by atoms with Crippen molar-refractivity contribution in [1.82, 2.24) is 0 Å². The summed E-state index contributed by atoms with van der Waals surface area (Å²) < 4.78 is 0. The van der Waals surface area contributed by atoms with E-state index in [1.165, 1.54) is 6.08 Å². The minimum atomic E-state index is -0.912. The molecule has 0 bridgehead atoms. The van der Waals surface area contributed by atoms with Gasteiger partial charge in [0.15, 0.2) is 0 Å². The molecule has 3 nitrogen and oxygen atoms in total. The first-order chi connectivity index (χ1) is 6.22.